The number of nitrogens with zero attached hydrogens (tertiary/aromatic N) is 5. The highest BCUT2D eigenvalue weighted by Crippen LogP contribution is 2.32. The highest BCUT2D eigenvalue weighted by Gasteiger charge is 2.18. The summed E-state index contributed by atoms with van der Waals surface area (Å²) < 4.78 is 13.0. The van der Waals surface area contributed by atoms with E-state index in [0.717, 1.165) is 49.8 Å². The van der Waals surface area contributed by atoms with Gasteiger partial charge in [-0.05, 0) is 48.5 Å². The quantitative estimate of drug-likeness (QED) is 0.385. The van der Waals surface area contributed by atoms with Crippen LogP contribution in [0.25, 0.3) is 28.0 Å². The van der Waals surface area contributed by atoms with Gasteiger partial charge in [0.1, 0.15) is 30.2 Å². The minimum atomic E-state index is 0.358. The average Bonchev–Trinajstić information content (AvgIpc) is 3.27. The number of nitrogens with one attached hydrogen (secondary N) is 1. The van der Waals surface area contributed by atoms with Crippen molar-refractivity contribution in [3.8, 4) is 22.7 Å². The van der Waals surface area contributed by atoms with Gasteiger partial charge in [0, 0.05) is 30.9 Å². The molecular formula is C24H25N7O3. The van der Waals surface area contributed by atoms with Gasteiger partial charge >= 0.3 is 0 Å². The third kappa shape index (κ3) is 4.54. The molecule has 2 aromatic carbocycles. The molecule has 174 valence electrons. The van der Waals surface area contributed by atoms with Gasteiger partial charge in [0.15, 0.2) is 5.65 Å². The van der Waals surface area contributed by atoms with E-state index in [1.807, 2.05) is 36.4 Å². The largest absolute Gasteiger partial charge is 0.492 e. The van der Waals surface area contributed by atoms with Crippen molar-refractivity contribution in [2.75, 3.05) is 50.5 Å². The van der Waals surface area contributed by atoms with Gasteiger partial charge in [-0.15, -0.1) is 0 Å². The molecule has 1 aliphatic heterocycles. The summed E-state index contributed by atoms with van der Waals surface area (Å²) in [7, 11) is 0. The zero-order chi connectivity index (χ0) is 23.3. The maximum absolute atomic E-state index is 10.7. The number of fused-ring (bicyclic) bond motifs is 1. The van der Waals surface area contributed by atoms with Crippen LogP contribution in [0.3, 0.4) is 0 Å². The first-order valence-corrected chi connectivity index (χ1v) is 11.1. The number of rotatable bonds is 8. The summed E-state index contributed by atoms with van der Waals surface area (Å²) in [5, 5.41) is 8.11. The lowest BCUT2D eigenvalue weighted by molar-refractivity contribution is -0.105. The summed E-state index contributed by atoms with van der Waals surface area (Å²) in [5.74, 6) is 1.15. The van der Waals surface area contributed by atoms with Gasteiger partial charge in [-0.1, -0.05) is 0 Å². The zero-order valence-corrected chi connectivity index (χ0v) is 18.6. The predicted molar refractivity (Wildman–Crippen MR) is 129 cm³/mol. The van der Waals surface area contributed by atoms with Gasteiger partial charge in [0.2, 0.25) is 6.41 Å². The number of amides is 1. The normalized spacial score (nSPS) is 14.2. The molecule has 0 unspecified atom stereocenters. The molecule has 4 aromatic rings. The fraction of sp³-hybridized carbons (Fsp3) is 0.250. The van der Waals surface area contributed by atoms with E-state index in [1.165, 1.54) is 6.33 Å². The molecule has 0 aliphatic carbocycles. The average molecular weight is 460 g/mol. The number of carbonyl (C=O) groups excluding carboxylic acids is 1. The van der Waals surface area contributed by atoms with E-state index in [9.17, 15) is 4.79 Å². The van der Waals surface area contributed by atoms with Crippen LogP contribution in [-0.4, -0.2) is 70.5 Å². The first-order chi connectivity index (χ1) is 16.7. The Bertz CT molecular complexity index is 1270. The molecule has 34 heavy (non-hydrogen) atoms. The molecule has 2 aromatic heterocycles. The highest BCUT2D eigenvalue weighted by atomic mass is 16.5. The van der Waals surface area contributed by atoms with Gasteiger partial charge in [-0.3, -0.25) is 9.69 Å². The molecule has 1 amide bonds. The molecule has 1 saturated heterocycles. The third-order valence-electron chi connectivity index (χ3n) is 5.74. The molecule has 0 bridgehead atoms. The van der Waals surface area contributed by atoms with Crippen molar-refractivity contribution in [3.05, 3.63) is 54.9 Å². The lowest BCUT2D eigenvalue weighted by Gasteiger charge is -2.26. The van der Waals surface area contributed by atoms with Crippen LogP contribution in [0.15, 0.2) is 54.9 Å². The monoisotopic (exact) mass is 459 g/mol. The SMILES string of the molecule is Nc1ncnc2c1c(-c1ccc(OCCN3CCOCC3)cc1)nn2-c1ccc(NC=O)cc1. The van der Waals surface area contributed by atoms with Crippen molar-refractivity contribution >= 4 is 28.9 Å². The molecular weight excluding hydrogens is 434 g/mol. The van der Waals surface area contributed by atoms with Gasteiger partial charge < -0.3 is 20.5 Å². The number of hydrogen-bond donors (Lipinski definition) is 2. The van der Waals surface area contributed by atoms with E-state index in [0.29, 0.717) is 41.2 Å². The van der Waals surface area contributed by atoms with Gasteiger partial charge in [-0.25, -0.2) is 14.6 Å². The van der Waals surface area contributed by atoms with E-state index in [1.54, 1.807) is 16.8 Å². The lowest BCUT2D eigenvalue weighted by Crippen LogP contribution is -2.38. The predicted octanol–water partition coefficient (Wildman–Crippen LogP) is 2.34. The first-order valence-electron chi connectivity index (χ1n) is 11.1. The van der Waals surface area contributed by atoms with Crippen molar-refractivity contribution in [2.24, 2.45) is 0 Å². The van der Waals surface area contributed by atoms with Gasteiger partial charge in [0.25, 0.3) is 0 Å². The highest BCUT2D eigenvalue weighted by molar-refractivity contribution is 5.99. The number of nitrogens with two attached hydrogens (primary N) is 1. The van der Waals surface area contributed by atoms with E-state index < -0.39 is 0 Å². The summed E-state index contributed by atoms with van der Waals surface area (Å²) in [4.78, 5) is 21.6. The van der Waals surface area contributed by atoms with E-state index in [-0.39, 0.29) is 0 Å². The lowest BCUT2D eigenvalue weighted by atomic mass is 10.1. The van der Waals surface area contributed by atoms with E-state index >= 15 is 0 Å². The number of aromatic nitrogens is 4. The molecule has 5 rings (SSSR count). The Kier molecular flexibility index (Phi) is 6.32. The molecule has 1 fully saturated rings. The molecule has 0 spiro atoms. The van der Waals surface area contributed by atoms with Crippen LogP contribution < -0.4 is 15.8 Å². The maximum atomic E-state index is 10.7. The zero-order valence-electron chi connectivity index (χ0n) is 18.6. The molecule has 10 nitrogen and oxygen atoms in total. The van der Waals surface area contributed by atoms with Crippen LogP contribution in [0.1, 0.15) is 0 Å². The summed E-state index contributed by atoms with van der Waals surface area (Å²) in [6.07, 6.45) is 2.06. The third-order valence-corrected chi connectivity index (χ3v) is 5.74. The summed E-state index contributed by atoms with van der Waals surface area (Å²) >= 11 is 0. The molecule has 1 aliphatic rings. The number of benzene rings is 2. The van der Waals surface area contributed by atoms with Crippen LogP contribution in [0.5, 0.6) is 5.75 Å². The second kappa shape index (κ2) is 9.86. The second-order valence-corrected chi connectivity index (χ2v) is 7.85. The standard InChI is InChI=1S/C24H25N7O3/c25-23-21-22(17-1-7-20(8-2-17)34-14-11-30-9-12-33-13-10-30)29-31(24(21)27-15-26-23)19-5-3-18(4-6-19)28-16-32/h1-8,15-16H,9-14H2,(H,28,32)(H2,25,26,27). The maximum Gasteiger partial charge on any atom is 0.211 e. The number of carbonyl (C=O) groups is 1. The number of hydrogen-bond acceptors (Lipinski definition) is 8. The van der Waals surface area contributed by atoms with Crippen LogP contribution in [-0.2, 0) is 9.53 Å². The Morgan fingerprint density at radius 1 is 1.06 bits per heavy atom. The minimum absolute atomic E-state index is 0.358. The summed E-state index contributed by atoms with van der Waals surface area (Å²) in [6, 6.07) is 15.1. The van der Waals surface area contributed by atoms with E-state index in [4.69, 9.17) is 20.3 Å². The van der Waals surface area contributed by atoms with Crippen LogP contribution >= 0.6 is 0 Å². The van der Waals surface area contributed by atoms with Crippen molar-refractivity contribution in [1.29, 1.82) is 0 Å². The van der Waals surface area contributed by atoms with Crippen molar-refractivity contribution < 1.29 is 14.3 Å². The van der Waals surface area contributed by atoms with Crippen molar-refractivity contribution in [1.82, 2.24) is 24.6 Å². The second-order valence-electron chi connectivity index (χ2n) is 7.85. The number of morpholine rings is 1. The molecule has 3 N–H and O–H groups in total. The van der Waals surface area contributed by atoms with Gasteiger partial charge in [0.05, 0.1) is 24.3 Å². The smallest absolute Gasteiger partial charge is 0.211 e. The number of ether oxygens (including phenoxy) is 2. The Morgan fingerprint density at radius 2 is 1.82 bits per heavy atom. The topological polar surface area (TPSA) is 120 Å². The molecule has 0 saturated carbocycles. The minimum Gasteiger partial charge on any atom is -0.492 e. The van der Waals surface area contributed by atoms with Crippen LogP contribution in [0, 0.1) is 0 Å². The fourth-order valence-corrected chi connectivity index (χ4v) is 3.95. The van der Waals surface area contributed by atoms with Crippen LogP contribution in [0.2, 0.25) is 0 Å². The van der Waals surface area contributed by atoms with Crippen LogP contribution in [0.4, 0.5) is 11.5 Å². The number of nitrogen functional groups attached to an aromatic ring is 1. The molecule has 0 radical (unpaired) electrons. The summed E-state index contributed by atoms with van der Waals surface area (Å²) in [5.41, 5.74) is 9.86. The van der Waals surface area contributed by atoms with E-state index in [2.05, 4.69) is 20.2 Å². The van der Waals surface area contributed by atoms with Gasteiger partial charge in [-0.2, -0.15) is 5.10 Å². The molecule has 10 heteroatoms. The Balaban J connectivity index is 1.39. The molecule has 3 heterocycles. The van der Waals surface area contributed by atoms with Crippen molar-refractivity contribution in [3.63, 3.8) is 0 Å². The number of anilines is 2. The Hall–Kier alpha value is -4.02. The fourth-order valence-electron chi connectivity index (χ4n) is 3.95. The van der Waals surface area contributed by atoms with Crippen molar-refractivity contribution in [2.45, 2.75) is 0 Å². The first kappa shape index (κ1) is 21.8. The summed E-state index contributed by atoms with van der Waals surface area (Å²) in [6.45, 7) is 4.93. The Morgan fingerprint density at radius 3 is 2.56 bits per heavy atom. The molecule has 0 atom stereocenters. The Labute approximate surface area is 196 Å².